The number of benzene rings is 2. The molecular weight excluding hydrogens is 362 g/mol. The Balaban J connectivity index is 1.95. The summed E-state index contributed by atoms with van der Waals surface area (Å²) in [6.07, 6.45) is 0. The van der Waals surface area contributed by atoms with Gasteiger partial charge in [-0.15, -0.1) is 0 Å². The van der Waals surface area contributed by atoms with Crippen molar-refractivity contribution in [1.82, 2.24) is 15.2 Å². The van der Waals surface area contributed by atoms with Crippen LogP contribution in [0.25, 0.3) is 22.8 Å². The summed E-state index contributed by atoms with van der Waals surface area (Å²) in [6, 6.07) is 17.8. The van der Waals surface area contributed by atoms with E-state index in [1.807, 2.05) is 61.5 Å². The minimum absolute atomic E-state index is 0.0712. The Hall–Kier alpha value is -2.92. The van der Waals surface area contributed by atoms with Gasteiger partial charge >= 0.3 is 0 Å². The quantitative estimate of drug-likeness (QED) is 0.667. The zero-order chi connectivity index (χ0) is 21.0. The van der Waals surface area contributed by atoms with E-state index in [4.69, 9.17) is 4.42 Å². The number of aromatic nitrogens is 1. The molecule has 5 nitrogen and oxygen atoms in total. The average Bonchev–Trinajstić information content (AvgIpc) is 3.13. The van der Waals surface area contributed by atoms with E-state index < -0.39 is 0 Å². The zero-order valence-electron chi connectivity index (χ0n) is 17.8. The lowest BCUT2D eigenvalue weighted by atomic mass is 9.87. The van der Waals surface area contributed by atoms with E-state index in [-0.39, 0.29) is 11.3 Å². The lowest BCUT2D eigenvalue weighted by molar-refractivity contribution is 0.0947. The number of carbonyl (C=O) groups excluding carboxylic acids is 1. The van der Waals surface area contributed by atoms with Gasteiger partial charge in [-0.1, -0.05) is 63.2 Å². The van der Waals surface area contributed by atoms with Crippen LogP contribution in [0, 0.1) is 0 Å². The van der Waals surface area contributed by atoms with Crippen LogP contribution in [-0.4, -0.2) is 43.0 Å². The lowest BCUT2D eigenvalue weighted by Gasteiger charge is -2.18. The fraction of sp³-hybridized carbons (Fsp3) is 0.333. The molecular formula is C24H29N3O2. The van der Waals surface area contributed by atoms with E-state index in [1.165, 1.54) is 5.56 Å². The molecule has 1 amide bonds. The fourth-order valence-electron chi connectivity index (χ4n) is 2.97. The first-order valence-corrected chi connectivity index (χ1v) is 9.86. The highest BCUT2D eigenvalue weighted by molar-refractivity contribution is 5.98. The molecule has 0 aliphatic carbocycles. The molecule has 152 valence electrons. The van der Waals surface area contributed by atoms with Crippen molar-refractivity contribution >= 4 is 5.91 Å². The first-order chi connectivity index (χ1) is 13.8. The van der Waals surface area contributed by atoms with Crippen LogP contribution in [0.3, 0.4) is 0 Å². The largest absolute Gasteiger partial charge is 0.435 e. The molecule has 5 heteroatoms. The van der Waals surface area contributed by atoms with Gasteiger partial charge in [0.2, 0.25) is 5.89 Å². The van der Waals surface area contributed by atoms with Crippen molar-refractivity contribution in [2.45, 2.75) is 26.2 Å². The summed E-state index contributed by atoms with van der Waals surface area (Å²) < 4.78 is 6.08. The van der Waals surface area contributed by atoms with Gasteiger partial charge in [-0.3, -0.25) is 4.79 Å². The van der Waals surface area contributed by atoms with Gasteiger partial charge < -0.3 is 14.6 Å². The van der Waals surface area contributed by atoms with Crippen molar-refractivity contribution in [2.75, 3.05) is 27.2 Å². The van der Waals surface area contributed by atoms with Gasteiger partial charge in [-0.2, -0.15) is 0 Å². The van der Waals surface area contributed by atoms with E-state index >= 15 is 0 Å². The highest BCUT2D eigenvalue weighted by Crippen LogP contribution is 2.31. The topological polar surface area (TPSA) is 58.4 Å². The maximum absolute atomic E-state index is 12.8. The van der Waals surface area contributed by atoms with E-state index in [0.717, 1.165) is 17.7 Å². The van der Waals surface area contributed by atoms with Gasteiger partial charge in [0.25, 0.3) is 5.91 Å². The summed E-state index contributed by atoms with van der Waals surface area (Å²) in [5, 5.41) is 2.93. The second-order valence-corrected chi connectivity index (χ2v) is 8.45. The van der Waals surface area contributed by atoms with Crippen LogP contribution in [0.2, 0.25) is 0 Å². The molecule has 0 unspecified atom stereocenters. The molecule has 0 aliphatic heterocycles. The Kier molecular flexibility index (Phi) is 6.18. The highest BCUT2D eigenvalue weighted by Gasteiger charge is 2.22. The smallest absolute Gasteiger partial charge is 0.273 e. The molecule has 1 N–H and O–H groups in total. The normalized spacial score (nSPS) is 11.7. The third-order valence-electron chi connectivity index (χ3n) is 4.72. The second-order valence-electron chi connectivity index (χ2n) is 8.45. The van der Waals surface area contributed by atoms with Crippen LogP contribution in [0.1, 0.15) is 36.8 Å². The Morgan fingerprint density at radius 1 is 1.00 bits per heavy atom. The van der Waals surface area contributed by atoms with Crippen molar-refractivity contribution in [2.24, 2.45) is 0 Å². The number of rotatable bonds is 6. The first kappa shape index (κ1) is 20.8. The summed E-state index contributed by atoms with van der Waals surface area (Å²) >= 11 is 0. The van der Waals surface area contributed by atoms with Crippen LogP contribution >= 0.6 is 0 Å². The molecule has 0 aliphatic rings. The van der Waals surface area contributed by atoms with Crippen LogP contribution < -0.4 is 5.32 Å². The first-order valence-electron chi connectivity index (χ1n) is 9.86. The monoisotopic (exact) mass is 391 g/mol. The molecule has 3 rings (SSSR count). The van der Waals surface area contributed by atoms with Gasteiger partial charge in [0.15, 0.2) is 11.5 Å². The average molecular weight is 392 g/mol. The predicted molar refractivity (Wildman–Crippen MR) is 117 cm³/mol. The number of amides is 1. The summed E-state index contributed by atoms with van der Waals surface area (Å²) in [7, 11) is 3.94. The Morgan fingerprint density at radius 3 is 2.24 bits per heavy atom. The van der Waals surface area contributed by atoms with Crippen LogP contribution in [-0.2, 0) is 5.41 Å². The van der Waals surface area contributed by atoms with Crippen LogP contribution in [0.5, 0.6) is 0 Å². The highest BCUT2D eigenvalue weighted by atomic mass is 16.4. The number of nitrogens with zero attached hydrogens (tertiary/aromatic N) is 2. The molecule has 1 aromatic heterocycles. The van der Waals surface area contributed by atoms with Crippen molar-refractivity contribution in [3.63, 3.8) is 0 Å². The predicted octanol–water partition coefficient (Wildman–Crippen LogP) is 4.60. The van der Waals surface area contributed by atoms with Gasteiger partial charge in [0.1, 0.15) is 0 Å². The van der Waals surface area contributed by atoms with Crippen molar-refractivity contribution < 1.29 is 9.21 Å². The van der Waals surface area contributed by atoms with E-state index in [2.05, 4.69) is 43.2 Å². The molecule has 2 aromatic carbocycles. The molecule has 0 fully saturated rings. The summed E-state index contributed by atoms with van der Waals surface area (Å²) in [4.78, 5) is 19.4. The molecule has 0 saturated carbocycles. The summed E-state index contributed by atoms with van der Waals surface area (Å²) in [5.41, 5.74) is 3.29. The minimum atomic E-state index is -0.230. The summed E-state index contributed by atoms with van der Waals surface area (Å²) in [5.74, 6) is 0.705. The Bertz CT molecular complexity index is 952. The molecule has 0 atom stereocenters. The summed E-state index contributed by atoms with van der Waals surface area (Å²) in [6.45, 7) is 7.83. The maximum atomic E-state index is 12.8. The van der Waals surface area contributed by atoms with Gasteiger partial charge in [-0.25, -0.2) is 4.98 Å². The molecule has 0 bridgehead atoms. The minimum Gasteiger partial charge on any atom is -0.435 e. The number of nitrogens with one attached hydrogen (secondary N) is 1. The Morgan fingerprint density at radius 2 is 1.66 bits per heavy atom. The van der Waals surface area contributed by atoms with Gasteiger partial charge in [0.05, 0.1) is 0 Å². The Labute approximate surface area is 172 Å². The molecule has 1 heterocycles. The SMILES string of the molecule is CN(C)CCNC(=O)c1nc(-c2ccc(C(C)(C)C)cc2)oc1-c1ccccc1. The number of oxazole rings is 1. The van der Waals surface area contributed by atoms with Crippen LogP contribution in [0.4, 0.5) is 0 Å². The van der Waals surface area contributed by atoms with E-state index in [9.17, 15) is 4.79 Å². The third-order valence-corrected chi connectivity index (χ3v) is 4.72. The molecule has 29 heavy (non-hydrogen) atoms. The van der Waals surface area contributed by atoms with E-state index in [1.54, 1.807) is 0 Å². The molecule has 0 saturated heterocycles. The van der Waals surface area contributed by atoms with Crippen molar-refractivity contribution in [3.8, 4) is 22.8 Å². The number of likely N-dealkylation sites (N-methyl/N-ethyl adjacent to an activating group) is 1. The molecule has 3 aromatic rings. The zero-order valence-corrected chi connectivity index (χ0v) is 17.8. The van der Waals surface area contributed by atoms with E-state index in [0.29, 0.717) is 23.9 Å². The molecule has 0 spiro atoms. The van der Waals surface area contributed by atoms with Gasteiger partial charge in [-0.05, 0) is 37.2 Å². The number of hydrogen-bond acceptors (Lipinski definition) is 4. The van der Waals surface area contributed by atoms with Crippen LogP contribution in [0.15, 0.2) is 59.0 Å². The number of carbonyl (C=O) groups is 1. The molecule has 0 radical (unpaired) electrons. The van der Waals surface area contributed by atoms with Crippen molar-refractivity contribution in [3.05, 3.63) is 65.9 Å². The number of hydrogen-bond donors (Lipinski definition) is 1. The standard InChI is InChI=1S/C24H29N3O2/c1-24(2,3)19-13-11-18(12-14-19)23-26-20(22(28)25-15-16-27(4)5)21(29-23)17-9-7-6-8-10-17/h6-14H,15-16H2,1-5H3,(H,25,28). The fourth-order valence-corrected chi connectivity index (χ4v) is 2.97. The third kappa shape index (κ3) is 5.12. The van der Waals surface area contributed by atoms with Gasteiger partial charge in [0, 0.05) is 24.2 Å². The lowest BCUT2D eigenvalue weighted by Crippen LogP contribution is -2.31. The van der Waals surface area contributed by atoms with Crippen molar-refractivity contribution in [1.29, 1.82) is 0 Å². The second kappa shape index (κ2) is 8.62. The maximum Gasteiger partial charge on any atom is 0.273 e.